The van der Waals surface area contributed by atoms with E-state index in [1.165, 1.54) is 16.7 Å². The highest BCUT2D eigenvalue weighted by Crippen LogP contribution is 2.55. The van der Waals surface area contributed by atoms with Crippen molar-refractivity contribution in [3.8, 4) is 11.4 Å². The van der Waals surface area contributed by atoms with Crippen LogP contribution in [0.4, 0.5) is 0 Å². The van der Waals surface area contributed by atoms with Gasteiger partial charge in [-0.1, -0.05) is 111 Å². The molecule has 7 nitrogen and oxygen atoms in total. The molecular formula is C45H46N4O3. The molecule has 7 heteroatoms. The maximum atomic E-state index is 14.7. The number of fused-ring (bicyclic) bond motifs is 2. The van der Waals surface area contributed by atoms with Crippen LogP contribution < -0.4 is 0 Å². The monoisotopic (exact) mass is 690 g/mol. The number of rotatable bonds is 7. The number of likely N-dealkylation sites (tertiary alicyclic amines) is 1. The van der Waals surface area contributed by atoms with Crippen molar-refractivity contribution < 1.29 is 14.7 Å². The van der Waals surface area contributed by atoms with Gasteiger partial charge in [-0.3, -0.25) is 9.69 Å². The average molecular weight is 691 g/mol. The molecule has 52 heavy (non-hydrogen) atoms. The lowest BCUT2D eigenvalue weighted by atomic mass is 9.58. The molecule has 5 aromatic rings. The smallest absolute Gasteiger partial charge is 0.335 e. The molecule has 1 atom stereocenters. The first-order valence-electron chi connectivity index (χ1n) is 18.5. The van der Waals surface area contributed by atoms with Crippen LogP contribution in [0.15, 0.2) is 121 Å². The molecule has 1 saturated heterocycles. The molecule has 3 heterocycles. The number of carboxylic acids is 1. The molecule has 264 valence electrons. The number of benzene rings is 4. The normalized spacial score (nSPS) is 20.6. The molecule has 0 unspecified atom stereocenters. The van der Waals surface area contributed by atoms with Gasteiger partial charge in [0.1, 0.15) is 5.82 Å². The van der Waals surface area contributed by atoms with Crippen LogP contribution in [0.2, 0.25) is 0 Å². The minimum Gasteiger partial charge on any atom is -0.478 e. The van der Waals surface area contributed by atoms with Gasteiger partial charge in [-0.25, -0.2) is 9.78 Å². The third-order valence-electron chi connectivity index (χ3n) is 11.7. The van der Waals surface area contributed by atoms with Crippen molar-refractivity contribution in [2.24, 2.45) is 10.8 Å². The summed E-state index contributed by atoms with van der Waals surface area (Å²) in [6.45, 7) is 10.9. The number of carbonyl (C=O) groups excluding carboxylic acids is 1. The molecule has 1 fully saturated rings. The number of aromatic nitrogens is 2. The Hall–Kier alpha value is -5.27. The summed E-state index contributed by atoms with van der Waals surface area (Å²) in [5.74, 6) is -0.0268. The van der Waals surface area contributed by atoms with E-state index in [4.69, 9.17) is 4.98 Å². The number of imidazole rings is 1. The Morgan fingerprint density at radius 2 is 1.52 bits per heavy atom. The Morgan fingerprint density at radius 3 is 2.27 bits per heavy atom. The number of para-hydroxylation sites is 2. The second-order valence-electron chi connectivity index (χ2n) is 15.5. The molecule has 0 saturated carbocycles. The minimum atomic E-state index is -0.922. The first-order valence-corrected chi connectivity index (χ1v) is 18.5. The Morgan fingerprint density at radius 1 is 0.827 bits per heavy atom. The Kier molecular flexibility index (Phi) is 8.70. The average Bonchev–Trinajstić information content (AvgIpc) is 3.54. The number of hydrogen-bond donors (Lipinski definition) is 1. The SMILES string of the molecule is CC1(C)C(c2ccc(C(=O)O)cc2)=CC[C@]2(C)CN(C(=O)c3ccccc3-c3nc4ccccc4n3C3CCN(Cc4ccccc4)CC3)CC=C12. The number of carbonyl (C=O) groups is 2. The van der Waals surface area contributed by atoms with E-state index in [1.54, 1.807) is 12.1 Å². The van der Waals surface area contributed by atoms with Crippen molar-refractivity contribution in [1.82, 2.24) is 19.4 Å². The third kappa shape index (κ3) is 6.07. The molecule has 1 aromatic heterocycles. The molecule has 8 rings (SSSR count). The molecule has 4 aromatic carbocycles. The van der Waals surface area contributed by atoms with Crippen molar-refractivity contribution in [2.75, 3.05) is 26.2 Å². The molecule has 0 bridgehead atoms. The summed E-state index contributed by atoms with van der Waals surface area (Å²) >= 11 is 0. The quantitative estimate of drug-likeness (QED) is 0.172. The van der Waals surface area contributed by atoms with Gasteiger partial charge in [0.15, 0.2) is 0 Å². The van der Waals surface area contributed by atoms with Gasteiger partial charge in [-0.2, -0.15) is 0 Å². The lowest BCUT2D eigenvalue weighted by molar-refractivity contribution is 0.0679. The first-order chi connectivity index (χ1) is 25.1. The second kappa shape index (κ2) is 13.4. The fourth-order valence-electron chi connectivity index (χ4n) is 9.17. The van der Waals surface area contributed by atoms with Crippen molar-refractivity contribution in [1.29, 1.82) is 0 Å². The number of allylic oxidation sites excluding steroid dienone is 2. The predicted molar refractivity (Wildman–Crippen MR) is 207 cm³/mol. The van der Waals surface area contributed by atoms with E-state index in [0.29, 0.717) is 18.7 Å². The van der Waals surface area contributed by atoms with Crippen molar-refractivity contribution in [3.63, 3.8) is 0 Å². The Bertz CT molecular complexity index is 2210. The fraction of sp³-hybridized carbons (Fsp3) is 0.311. The second-order valence-corrected chi connectivity index (χ2v) is 15.5. The molecule has 1 amide bonds. The van der Waals surface area contributed by atoms with Crippen LogP contribution >= 0.6 is 0 Å². The van der Waals surface area contributed by atoms with Gasteiger partial charge in [-0.15, -0.1) is 0 Å². The van der Waals surface area contributed by atoms with Crippen LogP contribution in [-0.4, -0.2) is 62.5 Å². The first kappa shape index (κ1) is 33.9. The van der Waals surface area contributed by atoms with Crippen LogP contribution in [0.5, 0.6) is 0 Å². The summed E-state index contributed by atoms with van der Waals surface area (Å²) in [7, 11) is 0. The zero-order valence-electron chi connectivity index (χ0n) is 30.3. The standard InChI is InChI=1S/C45H46N4O3/c1-44(2)37(32-17-19-33(20-18-32)43(51)52)21-25-45(3)30-48(28-24-40(44)45)42(50)36-14-8-7-13-35(36)41-46-38-15-9-10-16-39(38)49(41)34-22-26-47(27-23-34)29-31-11-5-4-6-12-31/h4-21,24,34H,22-23,25-30H2,1-3H3,(H,51,52)/t45-/m1/s1. The van der Waals surface area contributed by atoms with E-state index < -0.39 is 5.97 Å². The highest BCUT2D eigenvalue weighted by molar-refractivity contribution is 6.01. The third-order valence-corrected chi connectivity index (χ3v) is 11.7. The van der Waals surface area contributed by atoms with E-state index in [0.717, 1.165) is 66.9 Å². The van der Waals surface area contributed by atoms with E-state index in [2.05, 4.69) is 97.0 Å². The van der Waals surface area contributed by atoms with Crippen LogP contribution in [-0.2, 0) is 6.54 Å². The summed E-state index contributed by atoms with van der Waals surface area (Å²) in [5.41, 5.74) is 8.33. The molecular weight excluding hydrogens is 645 g/mol. The summed E-state index contributed by atoms with van der Waals surface area (Å²) in [5, 5.41) is 9.41. The molecule has 0 spiro atoms. The maximum Gasteiger partial charge on any atom is 0.335 e. The van der Waals surface area contributed by atoms with Gasteiger partial charge < -0.3 is 14.6 Å². The van der Waals surface area contributed by atoms with Gasteiger partial charge >= 0.3 is 5.97 Å². The summed E-state index contributed by atoms with van der Waals surface area (Å²) in [6.07, 6.45) is 7.39. The summed E-state index contributed by atoms with van der Waals surface area (Å²) in [4.78, 5) is 35.9. The number of aromatic carboxylic acids is 1. The van der Waals surface area contributed by atoms with E-state index in [-0.39, 0.29) is 28.3 Å². The van der Waals surface area contributed by atoms with Crippen LogP contribution in [0, 0.1) is 10.8 Å². The summed E-state index contributed by atoms with van der Waals surface area (Å²) < 4.78 is 2.41. The number of carboxylic acid groups (broad SMARTS) is 1. The fourth-order valence-corrected chi connectivity index (χ4v) is 9.17. The van der Waals surface area contributed by atoms with E-state index >= 15 is 0 Å². The largest absolute Gasteiger partial charge is 0.478 e. The zero-order valence-corrected chi connectivity index (χ0v) is 30.3. The Balaban J connectivity index is 1.07. The van der Waals surface area contributed by atoms with Crippen LogP contribution in [0.1, 0.15) is 77.9 Å². The minimum absolute atomic E-state index is 0.0280. The number of piperidine rings is 1. The lowest BCUT2D eigenvalue weighted by Crippen LogP contribution is -2.48. The maximum absolute atomic E-state index is 14.7. The highest BCUT2D eigenvalue weighted by atomic mass is 16.4. The molecule has 1 N–H and O–H groups in total. The van der Waals surface area contributed by atoms with Gasteiger partial charge in [0, 0.05) is 55.2 Å². The number of hydrogen-bond acceptors (Lipinski definition) is 4. The van der Waals surface area contributed by atoms with Crippen LogP contribution in [0.3, 0.4) is 0 Å². The highest BCUT2D eigenvalue weighted by Gasteiger charge is 2.46. The molecule has 0 radical (unpaired) electrons. The predicted octanol–water partition coefficient (Wildman–Crippen LogP) is 9.14. The number of amides is 1. The molecule has 3 aliphatic rings. The van der Waals surface area contributed by atoms with E-state index in [9.17, 15) is 14.7 Å². The van der Waals surface area contributed by atoms with Gasteiger partial charge in [0.2, 0.25) is 0 Å². The molecule has 1 aliphatic carbocycles. The summed E-state index contributed by atoms with van der Waals surface area (Å²) in [6, 6.07) is 34.5. The van der Waals surface area contributed by atoms with Gasteiger partial charge in [0.05, 0.1) is 22.2 Å². The van der Waals surface area contributed by atoms with E-state index in [1.807, 2.05) is 41.3 Å². The van der Waals surface area contributed by atoms with Crippen molar-refractivity contribution in [2.45, 2.75) is 52.6 Å². The number of nitrogens with zero attached hydrogens (tertiary/aromatic N) is 4. The van der Waals surface area contributed by atoms with Crippen LogP contribution in [0.25, 0.3) is 28.0 Å². The Labute approximate surface area is 305 Å². The van der Waals surface area contributed by atoms with Crippen molar-refractivity contribution >= 4 is 28.5 Å². The zero-order chi connectivity index (χ0) is 36.0. The lowest BCUT2D eigenvalue weighted by Gasteiger charge is -2.50. The topological polar surface area (TPSA) is 78.7 Å². The molecule has 2 aliphatic heterocycles. The van der Waals surface area contributed by atoms with Gasteiger partial charge in [0.25, 0.3) is 5.91 Å². The van der Waals surface area contributed by atoms with Gasteiger partial charge in [-0.05, 0) is 66.3 Å². The van der Waals surface area contributed by atoms with Crippen molar-refractivity contribution in [3.05, 3.63) is 143 Å².